The third kappa shape index (κ3) is 3.83. The van der Waals surface area contributed by atoms with E-state index in [0.29, 0.717) is 11.4 Å². The van der Waals surface area contributed by atoms with Gasteiger partial charge in [-0.05, 0) is 24.3 Å². The van der Waals surface area contributed by atoms with Gasteiger partial charge in [-0.25, -0.2) is 37.1 Å². The molecule has 4 N–H and O–H groups in total. The lowest BCUT2D eigenvalue weighted by atomic mass is 10.2. The first-order chi connectivity index (χ1) is 16.8. The van der Waals surface area contributed by atoms with Crippen LogP contribution in [0.4, 0.5) is 30.6 Å². The number of hydrogen-bond donors (Lipinski definition) is 2. The van der Waals surface area contributed by atoms with E-state index in [-0.39, 0.29) is 50.6 Å². The Balaban J connectivity index is 1.42. The van der Waals surface area contributed by atoms with E-state index in [9.17, 15) is 14.4 Å². The highest BCUT2D eigenvalue weighted by atomic mass is 19.1. The van der Waals surface area contributed by atoms with Gasteiger partial charge in [0.1, 0.15) is 11.8 Å². The van der Waals surface area contributed by atoms with Crippen LogP contribution >= 0.6 is 0 Å². The molecule has 35 heavy (non-hydrogen) atoms. The van der Waals surface area contributed by atoms with Crippen LogP contribution < -0.4 is 32.6 Å². The lowest BCUT2D eigenvalue weighted by Crippen LogP contribution is -2.33. The van der Waals surface area contributed by atoms with Gasteiger partial charge in [0.25, 0.3) is 0 Å². The van der Waals surface area contributed by atoms with Crippen molar-refractivity contribution in [2.75, 3.05) is 41.7 Å². The second-order valence-electron chi connectivity index (χ2n) is 8.34. The fourth-order valence-electron chi connectivity index (χ4n) is 4.43. The summed E-state index contributed by atoms with van der Waals surface area (Å²) in [5.74, 6) is -1.75. The highest BCUT2D eigenvalue weighted by molar-refractivity contribution is 5.90. The van der Waals surface area contributed by atoms with Gasteiger partial charge in [0.15, 0.2) is 11.6 Å². The van der Waals surface area contributed by atoms with E-state index >= 15 is 8.78 Å². The van der Waals surface area contributed by atoms with Crippen LogP contribution in [0.25, 0.3) is 5.69 Å². The third-order valence-electron chi connectivity index (χ3n) is 6.20. The van der Waals surface area contributed by atoms with Crippen molar-refractivity contribution in [3.8, 4) is 5.69 Å². The second-order valence-corrected chi connectivity index (χ2v) is 8.34. The number of amides is 1. The topological polar surface area (TPSA) is 134 Å². The average Bonchev–Trinajstić information content (AvgIpc) is 3.21. The summed E-state index contributed by atoms with van der Waals surface area (Å²) in [5, 5.41) is 0. The Morgan fingerprint density at radius 2 is 1.46 bits per heavy atom. The molecule has 184 valence electrons. The average molecular weight is 487 g/mol. The zero-order chi connectivity index (χ0) is 24.9. The quantitative estimate of drug-likeness (QED) is 0.511. The van der Waals surface area contributed by atoms with Crippen molar-refractivity contribution in [3.63, 3.8) is 0 Å². The Kier molecular flexibility index (Phi) is 5.55. The number of fused-ring (bicyclic) bond motifs is 1. The number of benzene rings is 2. The van der Waals surface area contributed by atoms with Crippen molar-refractivity contribution in [2.45, 2.75) is 19.2 Å². The van der Waals surface area contributed by atoms with Crippen LogP contribution in [0, 0.1) is 11.6 Å². The predicted molar refractivity (Wildman–Crippen MR) is 124 cm³/mol. The summed E-state index contributed by atoms with van der Waals surface area (Å²) in [5.41, 5.74) is 10.7. The van der Waals surface area contributed by atoms with E-state index < -0.39 is 35.2 Å². The lowest BCUT2D eigenvalue weighted by molar-refractivity contribution is 0.145. The maximum absolute atomic E-state index is 15.1. The van der Waals surface area contributed by atoms with Crippen molar-refractivity contribution in [1.82, 2.24) is 13.9 Å². The van der Waals surface area contributed by atoms with E-state index in [1.165, 1.54) is 14.3 Å². The zero-order valence-corrected chi connectivity index (χ0v) is 18.6. The van der Waals surface area contributed by atoms with Gasteiger partial charge in [-0.2, -0.15) is 0 Å². The van der Waals surface area contributed by atoms with Crippen LogP contribution in [0.2, 0.25) is 0 Å². The number of halogens is 2. The van der Waals surface area contributed by atoms with Crippen molar-refractivity contribution >= 4 is 23.2 Å². The van der Waals surface area contributed by atoms with E-state index in [1.54, 1.807) is 24.3 Å². The minimum Gasteiger partial charge on any atom is -0.443 e. The molecule has 0 aliphatic carbocycles. The van der Waals surface area contributed by atoms with E-state index in [2.05, 4.69) is 0 Å². The van der Waals surface area contributed by atoms with Gasteiger partial charge in [0, 0.05) is 37.5 Å². The van der Waals surface area contributed by atoms with Crippen molar-refractivity contribution in [3.05, 3.63) is 69.0 Å². The molecule has 3 aromatic rings. The first-order valence-corrected chi connectivity index (χ1v) is 11.0. The number of nitrogens with two attached hydrogens (primary N) is 2. The first kappa shape index (κ1) is 22.7. The fourth-order valence-corrected chi connectivity index (χ4v) is 4.43. The third-order valence-corrected chi connectivity index (χ3v) is 6.20. The van der Waals surface area contributed by atoms with Crippen molar-refractivity contribution < 1.29 is 18.3 Å². The van der Waals surface area contributed by atoms with Gasteiger partial charge in [0.2, 0.25) is 0 Å². The van der Waals surface area contributed by atoms with Gasteiger partial charge < -0.3 is 21.1 Å². The normalized spacial score (nSPS) is 17.9. The molecule has 0 spiro atoms. The Labute approximate surface area is 197 Å². The minimum absolute atomic E-state index is 0.0217. The number of carbonyl (C=O) groups excluding carboxylic acids is 1. The smallest absolute Gasteiger partial charge is 0.414 e. The molecule has 1 saturated heterocycles. The number of hydrogen-bond acceptors (Lipinski definition) is 7. The van der Waals surface area contributed by atoms with E-state index in [4.69, 9.17) is 16.2 Å². The van der Waals surface area contributed by atoms with Gasteiger partial charge in [0.05, 0.1) is 31.0 Å². The van der Waals surface area contributed by atoms with Gasteiger partial charge in [-0.1, -0.05) is 0 Å². The maximum Gasteiger partial charge on any atom is 0.414 e. The summed E-state index contributed by atoms with van der Waals surface area (Å²) in [7, 11) is 0. The lowest BCUT2D eigenvalue weighted by Gasteiger charge is -2.24. The minimum atomic E-state index is -0.873. The van der Waals surface area contributed by atoms with Crippen LogP contribution in [0.3, 0.4) is 0 Å². The summed E-state index contributed by atoms with van der Waals surface area (Å²) in [4.78, 5) is 40.5. The SMILES string of the molecule is NC[C@H]1CN(c2cc(F)c(N3CCn4c(=O)n(-c5ccc(N)cc5)c(=O)n4CC3)c(F)c2)C(=O)O1. The van der Waals surface area contributed by atoms with Gasteiger partial charge >= 0.3 is 17.5 Å². The van der Waals surface area contributed by atoms with E-state index in [0.717, 1.165) is 21.6 Å². The predicted octanol–water partition coefficient (Wildman–Crippen LogP) is 0.465. The summed E-state index contributed by atoms with van der Waals surface area (Å²) >= 11 is 0. The Hall–Kier alpha value is -4.13. The van der Waals surface area contributed by atoms with Gasteiger partial charge in [-0.3, -0.25) is 4.90 Å². The highest BCUT2D eigenvalue weighted by Crippen LogP contribution is 2.31. The molecule has 11 nitrogen and oxygen atoms in total. The molecule has 13 heteroatoms. The number of anilines is 3. The summed E-state index contributed by atoms with van der Waals surface area (Å²) in [6, 6.07) is 8.44. The Morgan fingerprint density at radius 1 is 0.886 bits per heavy atom. The van der Waals surface area contributed by atoms with Gasteiger partial charge in [-0.15, -0.1) is 0 Å². The number of nitrogens with zero attached hydrogens (tertiary/aromatic N) is 5. The molecule has 5 rings (SSSR count). The molecule has 1 fully saturated rings. The van der Waals surface area contributed by atoms with Crippen LogP contribution in [-0.4, -0.2) is 52.3 Å². The zero-order valence-electron chi connectivity index (χ0n) is 18.6. The summed E-state index contributed by atoms with van der Waals surface area (Å²) in [6.45, 7) is 0.425. The second kappa shape index (κ2) is 8.58. The van der Waals surface area contributed by atoms with Crippen molar-refractivity contribution in [2.24, 2.45) is 5.73 Å². The van der Waals surface area contributed by atoms with E-state index in [1.807, 2.05) is 0 Å². The van der Waals surface area contributed by atoms with Crippen LogP contribution in [0.1, 0.15) is 0 Å². The largest absolute Gasteiger partial charge is 0.443 e. The summed E-state index contributed by atoms with van der Waals surface area (Å²) in [6.07, 6.45) is -1.28. The number of aromatic nitrogens is 3. The molecule has 1 atom stereocenters. The number of nitrogen functional groups attached to an aromatic ring is 1. The maximum atomic E-state index is 15.1. The molecule has 2 aliphatic heterocycles. The summed E-state index contributed by atoms with van der Waals surface area (Å²) < 4.78 is 38.8. The number of ether oxygens (including phenoxy) is 1. The monoisotopic (exact) mass is 487 g/mol. The molecule has 0 saturated carbocycles. The molecule has 1 amide bonds. The Bertz CT molecular complexity index is 1350. The number of rotatable bonds is 4. The molecular weight excluding hydrogens is 464 g/mol. The fraction of sp³-hybridized carbons (Fsp3) is 0.318. The molecule has 0 unspecified atom stereocenters. The van der Waals surface area contributed by atoms with Crippen molar-refractivity contribution in [1.29, 1.82) is 0 Å². The molecule has 2 aliphatic rings. The number of cyclic esters (lactones) is 1. The van der Waals surface area contributed by atoms with Crippen LogP contribution in [0.15, 0.2) is 46.0 Å². The molecule has 2 aromatic carbocycles. The molecule has 0 bridgehead atoms. The molecular formula is C22H23F2N7O4. The first-order valence-electron chi connectivity index (χ1n) is 11.0. The molecule has 1 aromatic heterocycles. The van der Waals surface area contributed by atoms with Crippen LogP contribution in [0.5, 0.6) is 0 Å². The molecule has 0 radical (unpaired) electrons. The number of carbonyl (C=O) groups is 1. The standard InChI is InChI=1S/C22H23F2N7O4/c23-17-9-15(28-12-16(11-25)35-22(28)34)10-18(24)19(17)27-5-7-29-20(32)31(21(33)30(29)8-6-27)14-3-1-13(26)2-4-14/h1-4,9-10,16H,5-8,11-12,25-26H2/t16-/m0/s1. The Morgan fingerprint density at radius 3 is 1.97 bits per heavy atom. The van der Waals surface area contributed by atoms with Crippen LogP contribution in [-0.2, 0) is 17.8 Å². The highest BCUT2D eigenvalue weighted by Gasteiger charge is 2.33. The molecule has 3 heterocycles.